The van der Waals surface area contributed by atoms with Gasteiger partial charge in [0.1, 0.15) is 0 Å². The number of hydrogen-bond acceptors (Lipinski definition) is 1. The van der Waals surface area contributed by atoms with Gasteiger partial charge >= 0.3 is 0 Å². The fourth-order valence-electron chi connectivity index (χ4n) is 3.43. The molecule has 0 radical (unpaired) electrons. The maximum absolute atomic E-state index is 5.73. The van der Waals surface area contributed by atoms with Gasteiger partial charge in [0.05, 0.1) is 0 Å². The Morgan fingerprint density at radius 2 is 1.11 bits per heavy atom. The van der Waals surface area contributed by atoms with Gasteiger partial charge in [0.15, 0.2) is 0 Å². The van der Waals surface area contributed by atoms with Gasteiger partial charge in [-0.05, 0) is 70.2 Å². The Morgan fingerprint density at radius 1 is 0.649 bits per heavy atom. The molecule has 0 spiro atoms. The molecular formula is C36H47N. The summed E-state index contributed by atoms with van der Waals surface area (Å²) in [6.07, 6.45) is 30.9. The molecule has 0 bridgehead atoms. The Labute approximate surface area is 227 Å². The molecule has 37 heavy (non-hydrogen) atoms. The van der Waals surface area contributed by atoms with E-state index in [0.29, 0.717) is 5.92 Å². The highest BCUT2D eigenvalue weighted by molar-refractivity contribution is 5.56. The zero-order valence-electron chi connectivity index (χ0n) is 24.3. The largest absolute Gasteiger partial charge is 0.399 e. The van der Waals surface area contributed by atoms with Crippen LogP contribution in [0.2, 0.25) is 0 Å². The summed E-state index contributed by atoms with van der Waals surface area (Å²) in [4.78, 5) is 0. The third-order valence-corrected chi connectivity index (χ3v) is 5.91. The first-order chi connectivity index (χ1) is 17.6. The van der Waals surface area contributed by atoms with E-state index in [2.05, 4.69) is 140 Å². The van der Waals surface area contributed by atoms with Gasteiger partial charge in [-0.1, -0.05) is 146 Å². The van der Waals surface area contributed by atoms with E-state index in [-0.39, 0.29) is 0 Å². The van der Waals surface area contributed by atoms with Gasteiger partial charge in [-0.3, -0.25) is 0 Å². The predicted octanol–water partition coefficient (Wildman–Crippen LogP) is 10.7. The van der Waals surface area contributed by atoms with Crippen molar-refractivity contribution < 1.29 is 0 Å². The molecule has 1 heteroatoms. The van der Waals surface area contributed by atoms with Crippen LogP contribution >= 0.6 is 0 Å². The molecule has 0 aliphatic carbocycles. The smallest absolute Gasteiger partial charge is 0.0314 e. The summed E-state index contributed by atoms with van der Waals surface area (Å²) in [6.45, 7) is 17.4. The number of nitrogen functional groups attached to an aromatic ring is 1. The second-order valence-electron chi connectivity index (χ2n) is 9.82. The van der Waals surface area contributed by atoms with Gasteiger partial charge in [-0.2, -0.15) is 0 Å². The van der Waals surface area contributed by atoms with Crippen LogP contribution in [-0.2, 0) is 0 Å². The maximum atomic E-state index is 5.73. The topological polar surface area (TPSA) is 26.0 Å². The molecule has 0 atom stereocenters. The summed E-state index contributed by atoms with van der Waals surface area (Å²) in [5.41, 5.74) is 15.4. The Bertz CT molecular complexity index is 1150. The van der Waals surface area contributed by atoms with E-state index in [1.165, 1.54) is 33.4 Å². The second kappa shape index (κ2) is 17.8. The summed E-state index contributed by atoms with van der Waals surface area (Å²) < 4.78 is 0. The first kappa shape index (κ1) is 31.4. The molecular weight excluding hydrogens is 446 g/mol. The quantitative estimate of drug-likeness (QED) is 0.227. The number of hydrogen-bond donors (Lipinski definition) is 1. The van der Waals surface area contributed by atoms with Crippen molar-refractivity contribution in [3.8, 4) is 0 Å². The molecule has 2 N–H and O–H groups in total. The molecule has 0 fully saturated rings. The Kier molecular flexibility index (Phi) is 15.1. The molecule has 0 heterocycles. The van der Waals surface area contributed by atoms with E-state index in [1.807, 2.05) is 24.3 Å². The minimum absolute atomic E-state index is 0.549. The minimum Gasteiger partial charge on any atom is -0.399 e. The monoisotopic (exact) mass is 493 g/mol. The van der Waals surface area contributed by atoms with Crippen LogP contribution in [0, 0.1) is 5.92 Å². The first-order valence-electron chi connectivity index (χ1n) is 13.3. The van der Waals surface area contributed by atoms with E-state index < -0.39 is 0 Å². The van der Waals surface area contributed by atoms with Gasteiger partial charge in [-0.25, -0.2) is 0 Å². The summed E-state index contributed by atoms with van der Waals surface area (Å²) in [5.74, 6) is 0.549. The van der Waals surface area contributed by atoms with Crippen LogP contribution < -0.4 is 5.73 Å². The van der Waals surface area contributed by atoms with Crippen LogP contribution in [-0.4, -0.2) is 0 Å². The number of rotatable bonds is 12. The summed E-state index contributed by atoms with van der Waals surface area (Å²) in [5, 5.41) is 0. The molecule has 0 aromatic heterocycles. The second-order valence-corrected chi connectivity index (χ2v) is 9.82. The minimum atomic E-state index is 0.549. The van der Waals surface area contributed by atoms with Gasteiger partial charge < -0.3 is 5.73 Å². The van der Waals surface area contributed by atoms with Crippen molar-refractivity contribution in [2.24, 2.45) is 5.92 Å². The van der Waals surface area contributed by atoms with Crippen LogP contribution in [0.15, 0.2) is 137 Å². The van der Waals surface area contributed by atoms with Crippen molar-refractivity contribution in [2.75, 3.05) is 5.73 Å². The molecule has 0 aliphatic rings. The summed E-state index contributed by atoms with van der Waals surface area (Å²) >= 11 is 0. The molecule has 0 unspecified atom stereocenters. The molecule has 1 aromatic carbocycles. The molecule has 0 aliphatic heterocycles. The van der Waals surface area contributed by atoms with Crippen LogP contribution in [0.25, 0.3) is 6.08 Å². The number of allylic oxidation sites excluding steroid dienone is 19. The van der Waals surface area contributed by atoms with Crippen LogP contribution in [0.3, 0.4) is 0 Å². The average molecular weight is 494 g/mol. The summed E-state index contributed by atoms with van der Waals surface area (Å²) in [7, 11) is 0. The van der Waals surface area contributed by atoms with Gasteiger partial charge in [0.25, 0.3) is 0 Å². The lowest BCUT2D eigenvalue weighted by Crippen LogP contribution is -1.94. The summed E-state index contributed by atoms with van der Waals surface area (Å²) in [6, 6.07) is 7.87. The fourth-order valence-corrected chi connectivity index (χ4v) is 3.43. The molecule has 0 amide bonds. The van der Waals surface area contributed by atoms with E-state index in [0.717, 1.165) is 17.7 Å². The highest BCUT2D eigenvalue weighted by Crippen LogP contribution is 2.19. The van der Waals surface area contributed by atoms with Crippen molar-refractivity contribution >= 4 is 11.8 Å². The lowest BCUT2D eigenvalue weighted by Gasteiger charge is -2.10. The molecule has 1 nitrogen and oxygen atoms in total. The Morgan fingerprint density at radius 3 is 1.59 bits per heavy atom. The van der Waals surface area contributed by atoms with Crippen molar-refractivity contribution in [3.05, 3.63) is 142 Å². The van der Waals surface area contributed by atoms with Gasteiger partial charge in [0, 0.05) is 5.69 Å². The van der Waals surface area contributed by atoms with Crippen LogP contribution in [0.5, 0.6) is 0 Å². The molecule has 0 saturated heterocycles. The van der Waals surface area contributed by atoms with Crippen LogP contribution in [0.1, 0.15) is 67.4 Å². The lowest BCUT2D eigenvalue weighted by atomic mass is 9.95. The molecule has 1 rings (SSSR count). The van der Waals surface area contributed by atoms with Crippen molar-refractivity contribution in [2.45, 2.75) is 61.8 Å². The normalized spacial score (nSPS) is 15.5. The molecule has 196 valence electrons. The van der Waals surface area contributed by atoms with E-state index in [9.17, 15) is 0 Å². The number of anilines is 1. The zero-order chi connectivity index (χ0) is 27.6. The van der Waals surface area contributed by atoms with Crippen molar-refractivity contribution in [3.63, 3.8) is 0 Å². The van der Waals surface area contributed by atoms with Crippen molar-refractivity contribution in [1.29, 1.82) is 0 Å². The highest BCUT2D eigenvalue weighted by Gasteiger charge is 2.02. The Balaban J connectivity index is 2.62. The number of benzene rings is 1. The standard InChI is InChI=1S/C36H47N/c1-9-33(8)36(28(2)3)27-21-32(7)19-13-17-30(5)15-11-10-14-29(4)16-12-18-31(6)20-22-34-23-25-35(37)26-24-34/h10-28H,9,37H2,1-8H3/b11-10+,16-12+,17-13+,22-20+,27-21+,29-14+,30-15+,31-18+,32-19+,36-33-. The molecule has 1 aromatic rings. The third-order valence-electron chi connectivity index (χ3n) is 5.91. The van der Waals surface area contributed by atoms with E-state index >= 15 is 0 Å². The predicted molar refractivity (Wildman–Crippen MR) is 169 cm³/mol. The van der Waals surface area contributed by atoms with Crippen molar-refractivity contribution in [1.82, 2.24) is 0 Å². The highest BCUT2D eigenvalue weighted by atomic mass is 14.5. The Hall–Kier alpha value is -3.58. The third kappa shape index (κ3) is 14.5. The first-order valence-corrected chi connectivity index (χ1v) is 13.3. The maximum Gasteiger partial charge on any atom is 0.0314 e. The van der Waals surface area contributed by atoms with Crippen LogP contribution in [0.4, 0.5) is 5.69 Å². The zero-order valence-corrected chi connectivity index (χ0v) is 24.3. The number of nitrogens with two attached hydrogens (primary N) is 1. The lowest BCUT2D eigenvalue weighted by molar-refractivity contribution is 0.771. The SMILES string of the molecule is CC/C(C)=C(/C=C/C(C)=C/C=C/C(C)=C/C=C/C=C(C)/C=C/C=C(C)/C=C/c1ccc(N)cc1)C(C)C. The van der Waals surface area contributed by atoms with Gasteiger partial charge in [0.2, 0.25) is 0 Å². The van der Waals surface area contributed by atoms with Gasteiger partial charge in [-0.15, -0.1) is 0 Å². The average Bonchev–Trinajstić information content (AvgIpc) is 2.86. The van der Waals surface area contributed by atoms with E-state index in [1.54, 1.807) is 0 Å². The molecule has 0 saturated carbocycles. The van der Waals surface area contributed by atoms with E-state index in [4.69, 9.17) is 5.73 Å². The fraction of sp³-hybridized carbons (Fsp3) is 0.278.